The van der Waals surface area contributed by atoms with Crippen LogP contribution in [0.25, 0.3) is 6.20 Å². The molecule has 0 saturated heterocycles. The van der Waals surface area contributed by atoms with Crippen LogP contribution in [0.2, 0.25) is 0 Å². The third kappa shape index (κ3) is 1.72. The summed E-state index contributed by atoms with van der Waals surface area (Å²) in [5, 5.41) is 4.30. The van der Waals surface area contributed by atoms with Crippen molar-refractivity contribution >= 4 is 6.20 Å². The number of rotatable bonds is 0. The quantitative estimate of drug-likeness (QED) is 0.591. The van der Waals surface area contributed by atoms with Crippen molar-refractivity contribution in [1.82, 2.24) is 9.78 Å². The van der Waals surface area contributed by atoms with Crippen molar-refractivity contribution in [3.8, 4) is 0 Å². The van der Waals surface area contributed by atoms with Gasteiger partial charge in [0.1, 0.15) is 0 Å². The highest BCUT2D eigenvalue weighted by molar-refractivity contribution is 5.32. The molecule has 2 heteroatoms. The fourth-order valence-corrected chi connectivity index (χ4v) is 1.61. The summed E-state index contributed by atoms with van der Waals surface area (Å²) in [5.41, 5.74) is 2.64. The molecule has 68 valence electrons. The average Bonchev–Trinajstić information content (AvgIpc) is 2.51. The first-order chi connectivity index (χ1) is 6.38. The fourth-order valence-electron chi connectivity index (χ4n) is 1.61. The van der Waals surface area contributed by atoms with Crippen molar-refractivity contribution < 1.29 is 0 Å². The molecular weight excluding hydrogens is 160 g/mol. The Labute approximate surface area is 78.6 Å². The predicted molar refractivity (Wildman–Crippen MR) is 54.4 cm³/mol. The Morgan fingerprint density at radius 1 is 1.38 bits per heavy atom. The van der Waals surface area contributed by atoms with E-state index in [-0.39, 0.29) is 0 Å². The van der Waals surface area contributed by atoms with Gasteiger partial charge < -0.3 is 0 Å². The molecule has 1 aliphatic heterocycles. The van der Waals surface area contributed by atoms with Crippen LogP contribution in [0.1, 0.15) is 24.1 Å². The second kappa shape index (κ2) is 3.60. The van der Waals surface area contributed by atoms with Crippen molar-refractivity contribution in [2.24, 2.45) is 0 Å². The monoisotopic (exact) mass is 174 g/mol. The highest BCUT2D eigenvalue weighted by Gasteiger charge is 2.04. The van der Waals surface area contributed by atoms with Crippen LogP contribution >= 0.6 is 0 Å². The summed E-state index contributed by atoms with van der Waals surface area (Å²) in [6.07, 6.45) is 13.8. The summed E-state index contributed by atoms with van der Waals surface area (Å²) < 4.78 is 1.98. The zero-order valence-electron chi connectivity index (χ0n) is 7.90. The van der Waals surface area contributed by atoms with Crippen LogP contribution in [-0.4, -0.2) is 9.78 Å². The Balaban J connectivity index is 2.37. The number of fused-ring (bicyclic) bond motifs is 1. The molecule has 2 rings (SSSR count). The molecule has 0 aromatic carbocycles. The number of nitrogens with zero attached hydrogens (tertiary/aromatic N) is 2. The van der Waals surface area contributed by atoms with Crippen LogP contribution in [0.3, 0.4) is 0 Å². The first-order valence-corrected chi connectivity index (χ1v) is 4.74. The van der Waals surface area contributed by atoms with E-state index in [0.717, 1.165) is 12.8 Å². The Kier molecular flexibility index (Phi) is 2.30. The molecule has 0 atom stereocenters. The zero-order chi connectivity index (χ0) is 9.10. The number of hydrogen-bond acceptors (Lipinski definition) is 1. The Morgan fingerprint density at radius 3 is 3.23 bits per heavy atom. The Morgan fingerprint density at radius 2 is 2.31 bits per heavy atom. The van der Waals surface area contributed by atoms with Gasteiger partial charge in [-0.15, -0.1) is 0 Å². The lowest BCUT2D eigenvalue weighted by atomic mass is 10.1. The number of aromatic nitrogens is 2. The zero-order valence-corrected chi connectivity index (χ0v) is 7.90. The highest BCUT2D eigenvalue weighted by atomic mass is 15.3. The van der Waals surface area contributed by atoms with Crippen molar-refractivity contribution in [3.05, 3.63) is 35.7 Å². The molecular formula is C11H14N2. The smallest absolute Gasteiger partial charge is 0.0526 e. The Hall–Kier alpha value is -1.31. The first kappa shape index (κ1) is 8.30. The molecule has 1 aromatic heterocycles. The van der Waals surface area contributed by atoms with Gasteiger partial charge in [0.05, 0.1) is 6.20 Å². The molecule has 0 aliphatic carbocycles. The maximum atomic E-state index is 4.30. The molecule has 0 fully saturated rings. The summed E-state index contributed by atoms with van der Waals surface area (Å²) in [4.78, 5) is 0. The second-order valence-corrected chi connectivity index (χ2v) is 3.38. The van der Waals surface area contributed by atoms with Gasteiger partial charge in [-0.05, 0) is 37.8 Å². The van der Waals surface area contributed by atoms with E-state index in [1.54, 1.807) is 0 Å². The fraction of sp³-hybridized carbons (Fsp3) is 0.364. The van der Waals surface area contributed by atoms with Gasteiger partial charge in [-0.25, -0.2) is 4.68 Å². The summed E-state index contributed by atoms with van der Waals surface area (Å²) in [6.45, 7) is 2.12. The molecule has 0 N–H and O–H groups in total. The van der Waals surface area contributed by atoms with Crippen LogP contribution in [0.5, 0.6) is 0 Å². The molecule has 1 aliphatic rings. The molecule has 0 amide bonds. The van der Waals surface area contributed by atoms with Crippen molar-refractivity contribution in [2.75, 3.05) is 0 Å². The van der Waals surface area contributed by atoms with Gasteiger partial charge in [-0.2, -0.15) is 5.10 Å². The van der Waals surface area contributed by atoms with Crippen LogP contribution in [0.15, 0.2) is 24.4 Å². The second-order valence-electron chi connectivity index (χ2n) is 3.38. The number of aryl methyl sites for hydroxylation is 1. The van der Waals surface area contributed by atoms with E-state index < -0.39 is 0 Å². The molecule has 2 heterocycles. The topological polar surface area (TPSA) is 17.8 Å². The molecule has 2 nitrogen and oxygen atoms in total. The lowest BCUT2D eigenvalue weighted by Crippen LogP contribution is -1.97. The summed E-state index contributed by atoms with van der Waals surface area (Å²) >= 11 is 0. The summed E-state index contributed by atoms with van der Waals surface area (Å²) in [6, 6.07) is 0. The molecule has 0 bridgehead atoms. The number of hydrogen-bond donors (Lipinski definition) is 0. The normalized spacial score (nSPS) is 16.1. The molecule has 0 spiro atoms. The van der Waals surface area contributed by atoms with Crippen molar-refractivity contribution in [2.45, 2.75) is 26.2 Å². The van der Waals surface area contributed by atoms with E-state index >= 15 is 0 Å². The average molecular weight is 174 g/mol. The largest absolute Gasteiger partial charge is 0.245 e. The molecule has 0 saturated carbocycles. The van der Waals surface area contributed by atoms with Gasteiger partial charge in [-0.1, -0.05) is 12.2 Å². The van der Waals surface area contributed by atoms with Gasteiger partial charge in [-0.3, -0.25) is 0 Å². The lowest BCUT2D eigenvalue weighted by molar-refractivity contribution is 0.769. The predicted octanol–water partition coefficient (Wildman–Crippen LogP) is 2.55. The third-order valence-corrected chi connectivity index (χ3v) is 2.37. The lowest BCUT2D eigenvalue weighted by Gasteiger charge is -2.01. The van der Waals surface area contributed by atoms with Crippen LogP contribution in [-0.2, 0) is 6.42 Å². The van der Waals surface area contributed by atoms with Crippen LogP contribution in [0.4, 0.5) is 0 Å². The maximum Gasteiger partial charge on any atom is 0.0526 e. The number of allylic oxidation sites excluding steroid dienone is 3. The molecule has 0 radical (unpaired) electrons. The SMILES string of the molecule is Cc1cnn2c1CCCC=CC=C2. The van der Waals surface area contributed by atoms with Gasteiger partial charge in [0.25, 0.3) is 0 Å². The van der Waals surface area contributed by atoms with E-state index in [0.29, 0.717) is 0 Å². The Bertz CT molecular complexity index is 345. The van der Waals surface area contributed by atoms with E-state index in [4.69, 9.17) is 0 Å². The highest BCUT2D eigenvalue weighted by Crippen LogP contribution is 2.12. The van der Waals surface area contributed by atoms with Gasteiger partial charge in [0.2, 0.25) is 0 Å². The standard InChI is InChI=1S/C11H14N2/c1-10-9-12-13-8-6-4-2-3-5-7-11(10)13/h2,4,6,8-9H,3,5,7H2,1H3. The molecule has 1 aromatic rings. The minimum atomic E-state index is 1.13. The summed E-state index contributed by atoms with van der Waals surface area (Å²) in [5.74, 6) is 0. The van der Waals surface area contributed by atoms with Gasteiger partial charge in [0, 0.05) is 11.9 Å². The van der Waals surface area contributed by atoms with E-state index in [1.807, 2.05) is 23.2 Å². The van der Waals surface area contributed by atoms with E-state index in [9.17, 15) is 0 Å². The first-order valence-electron chi connectivity index (χ1n) is 4.74. The van der Waals surface area contributed by atoms with Crippen LogP contribution in [0, 0.1) is 6.92 Å². The molecule has 0 unspecified atom stereocenters. The third-order valence-electron chi connectivity index (χ3n) is 2.37. The maximum absolute atomic E-state index is 4.30. The van der Waals surface area contributed by atoms with Crippen molar-refractivity contribution in [3.63, 3.8) is 0 Å². The van der Waals surface area contributed by atoms with Gasteiger partial charge in [0.15, 0.2) is 0 Å². The van der Waals surface area contributed by atoms with Crippen LogP contribution < -0.4 is 0 Å². The van der Waals surface area contributed by atoms with Crippen molar-refractivity contribution in [1.29, 1.82) is 0 Å². The minimum absolute atomic E-state index is 1.13. The van der Waals surface area contributed by atoms with E-state index in [2.05, 4.69) is 24.2 Å². The van der Waals surface area contributed by atoms with E-state index in [1.165, 1.54) is 17.7 Å². The summed E-state index contributed by atoms with van der Waals surface area (Å²) in [7, 11) is 0. The van der Waals surface area contributed by atoms with Gasteiger partial charge >= 0.3 is 0 Å². The molecule has 13 heavy (non-hydrogen) atoms. The minimum Gasteiger partial charge on any atom is -0.245 e.